The lowest BCUT2D eigenvalue weighted by molar-refractivity contribution is -0.122. The summed E-state index contributed by atoms with van der Waals surface area (Å²) >= 11 is 6.01. The topological polar surface area (TPSA) is 97.3 Å². The van der Waals surface area contributed by atoms with Gasteiger partial charge in [0, 0.05) is 37.5 Å². The lowest BCUT2D eigenvalue weighted by Crippen LogP contribution is -2.38. The van der Waals surface area contributed by atoms with Crippen molar-refractivity contribution in [3.63, 3.8) is 0 Å². The zero-order valence-corrected chi connectivity index (χ0v) is 15.7. The maximum Gasteiger partial charge on any atom is 0.298 e. The number of halogens is 1. The first-order valence-electron chi connectivity index (χ1n) is 8.94. The van der Waals surface area contributed by atoms with Crippen molar-refractivity contribution in [3.8, 4) is 0 Å². The minimum Gasteiger partial charge on any atom is -0.423 e. The van der Waals surface area contributed by atoms with Gasteiger partial charge in [0.15, 0.2) is 11.4 Å². The maximum atomic E-state index is 12.2. The van der Waals surface area contributed by atoms with Crippen molar-refractivity contribution in [1.82, 2.24) is 20.4 Å². The zero-order chi connectivity index (χ0) is 18.8. The van der Waals surface area contributed by atoms with Gasteiger partial charge in [-0.2, -0.15) is 9.97 Å². The molecule has 0 radical (unpaired) electrons. The molecule has 1 amide bonds. The molecule has 4 rings (SSSR count). The van der Waals surface area contributed by atoms with Crippen molar-refractivity contribution in [2.45, 2.75) is 32.7 Å². The Balaban J connectivity index is 1.35. The smallest absolute Gasteiger partial charge is 0.298 e. The van der Waals surface area contributed by atoms with E-state index in [4.69, 9.17) is 20.5 Å². The summed E-state index contributed by atoms with van der Waals surface area (Å²) in [7, 11) is 0. The third-order valence-electron chi connectivity index (χ3n) is 4.62. The molecule has 2 aromatic heterocycles. The maximum absolute atomic E-state index is 12.2. The Bertz CT molecular complexity index is 954. The third kappa shape index (κ3) is 4.21. The molecule has 1 saturated heterocycles. The summed E-state index contributed by atoms with van der Waals surface area (Å²) in [6.45, 7) is 3.59. The van der Waals surface area contributed by atoms with Gasteiger partial charge in [0.25, 0.3) is 6.01 Å². The van der Waals surface area contributed by atoms with Crippen molar-refractivity contribution >= 4 is 34.6 Å². The molecule has 1 aliphatic heterocycles. The molecule has 3 heterocycles. The standard InChI is InChI=1S/C18H20ClN5O3/c1-11-21-16(23-27-11)9-20-17(25)7-12-3-2-6-24(10-12)18-22-14-5-4-13(19)8-15(14)26-18/h4-5,8,12H,2-3,6-7,9-10H2,1H3,(H,20,25). The fraction of sp³-hybridized carbons (Fsp3) is 0.444. The van der Waals surface area contributed by atoms with E-state index in [0.29, 0.717) is 34.8 Å². The number of piperidine rings is 1. The summed E-state index contributed by atoms with van der Waals surface area (Å²) in [5.74, 6) is 1.19. The molecule has 0 spiro atoms. The number of aromatic nitrogens is 3. The molecule has 1 fully saturated rings. The average Bonchev–Trinajstić information content (AvgIpc) is 3.26. The van der Waals surface area contributed by atoms with Gasteiger partial charge in [-0.3, -0.25) is 4.79 Å². The highest BCUT2D eigenvalue weighted by atomic mass is 35.5. The van der Waals surface area contributed by atoms with E-state index in [0.717, 1.165) is 31.4 Å². The Morgan fingerprint density at radius 2 is 2.30 bits per heavy atom. The van der Waals surface area contributed by atoms with Crippen LogP contribution in [0.4, 0.5) is 6.01 Å². The molecule has 0 bridgehead atoms. The average molecular weight is 390 g/mol. The van der Waals surface area contributed by atoms with Gasteiger partial charge in [0.05, 0.1) is 6.54 Å². The van der Waals surface area contributed by atoms with E-state index in [1.807, 2.05) is 6.07 Å². The first kappa shape index (κ1) is 17.8. The fourth-order valence-corrected chi connectivity index (χ4v) is 3.51. The highest BCUT2D eigenvalue weighted by Crippen LogP contribution is 2.28. The number of benzene rings is 1. The molecule has 3 aromatic rings. The highest BCUT2D eigenvalue weighted by molar-refractivity contribution is 6.31. The summed E-state index contributed by atoms with van der Waals surface area (Å²) < 4.78 is 10.7. The number of nitrogens with zero attached hydrogens (tertiary/aromatic N) is 4. The number of fused-ring (bicyclic) bond motifs is 1. The van der Waals surface area contributed by atoms with Gasteiger partial charge in [0.2, 0.25) is 11.8 Å². The SMILES string of the molecule is Cc1nc(CNC(=O)CC2CCCN(c3nc4ccc(Cl)cc4o3)C2)no1. The van der Waals surface area contributed by atoms with Gasteiger partial charge in [-0.15, -0.1) is 0 Å². The molecule has 0 aliphatic carbocycles. The van der Waals surface area contributed by atoms with Crippen LogP contribution in [0.5, 0.6) is 0 Å². The summed E-state index contributed by atoms with van der Waals surface area (Å²) in [5, 5.41) is 7.24. The summed E-state index contributed by atoms with van der Waals surface area (Å²) in [6.07, 6.45) is 2.43. The number of rotatable bonds is 5. The van der Waals surface area contributed by atoms with Crippen molar-refractivity contribution in [3.05, 3.63) is 34.9 Å². The number of hydrogen-bond acceptors (Lipinski definition) is 7. The van der Waals surface area contributed by atoms with Gasteiger partial charge in [-0.25, -0.2) is 0 Å². The van der Waals surface area contributed by atoms with Crippen molar-refractivity contribution in [1.29, 1.82) is 0 Å². The van der Waals surface area contributed by atoms with E-state index < -0.39 is 0 Å². The molecule has 1 unspecified atom stereocenters. The van der Waals surface area contributed by atoms with Crippen LogP contribution in [0.3, 0.4) is 0 Å². The lowest BCUT2D eigenvalue weighted by atomic mass is 9.94. The van der Waals surface area contributed by atoms with Crippen LogP contribution in [0, 0.1) is 12.8 Å². The van der Waals surface area contributed by atoms with E-state index in [2.05, 4.69) is 25.3 Å². The second-order valence-electron chi connectivity index (χ2n) is 6.77. The molecular weight excluding hydrogens is 370 g/mol. The number of carbonyl (C=O) groups is 1. The number of carbonyl (C=O) groups excluding carboxylic acids is 1. The van der Waals surface area contributed by atoms with Gasteiger partial charge >= 0.3 is 0 Å². The molecule has 27 heavy (non-hydrogen) atoms. The normalized spacial score (nSPS) is 17.4. The molecule has 0 saturated carbocycles. The quantitative estimate of drug-likeness (QED) is 0.715. The minimum absolute atomic E-state index is 0.0198. The summed E-state index contributed by atoms with van der Waals surface area (Å²) in [6, 6.07) is 5.99. The van der Waals surface area contributed by atoms with Crippen LogP contribution in [0.15, 0.2) is 27.1 Å². The third-order valence-corrected chi connectivity index (χ3v) is 4.85. The molecule has 1 aromatic carbocycles. The van der Waals surface area contributed by atoms with Crippen LogP contribution in [0.25, 0.3) is 11.1 Å². The number of aryl methyl sites for hydroxylation is 1. The molecule has 9 heteroatoms. The van der Waals surface area contributed by atoms with E-state index in [9.17, 15) is 4.79 Å². The first-order valence-corrected chi connectivity index (χ1v) is 9.31. The number of oxazole rings is 1. The molecular formula is C18H20ClN5O3. The van der Waals surface area contributed by atoms with Crippen LogP contribution >= 0.6 is 11.6 Å². The molecule has 142 valence electrons. The molecule has 1 atom stereocenters. The predicted molar refractivity (Wildman–Crippen MR) is 99.5 cm³/mol. The Morgan fingerprint density at radius 3 is 3.11 bits per heavy atom. The fourth-order valence-electron chi connectivity index (χ4n) is 3.35. The monoisotopic (exact) mass is 389 g/mol. The second kappa shape index (κ2) is 7.56. The predicted octanol–water partition coefficient (Wildman–Crippen LogP) is 3.10. The van der Waals surface area contributed by atoms with Crippen LogP contribution < -0.4 is 10.2 Å². The largest absolute Gasteiger partial charge is 0.423 e. The van der Waals surface area contributed by atoms with Crippen LogP contribution in [0.2, 0.25) is 5.02 Å². The summed E-state index contributed by atoms with van der Waals surface area (Å²) in [4.78, 5) is 23.0. The minimum atomic E-state index is -0.0198. The number of anilines is 1. The Morgan fingerprint density at radius 1 is 1.41 bits per heavy atom. The van der Waals surface area contributed by atoms with Crippen LogP contribution in [-0.2, 0) is 11.3 Å². The second-order valence-corrected chi connectivity index (χ2v) is 7.21. The van der Waals surface area contributed by atoms with E-state index in [-0.39, 0.29) is 18.4 Å². The Kier molecular flexibility index (Phi) is 4.98. The van der Waals surface area contributed by atoms with Gasteiger partial charge < -0.3 is 19.2 Å². The Labute approximate surface area is 160 Å². The van der Waals surface area contributed by atoms with Crippen molar-refractivity contribution in [2.24, 2.45) is 5.92 Å². The van der Waals surface area contributed by atoms with E-state index >= 15 is 0 Å². The molecule has 1 N–H and O–H groups in total. The van der Waals surface area contributed by atoms with Crippen molar-refractivity contribution in [2.75, 3.05) is 18.0 Å². The van der Waals surface area contributed by atoms with E-state index in [1.54, 1.807) is 19.1 Å². The van der Waals surface area contributed by atoms with Gasteiger partial charge in [-0.1, -0.05) is 16.8 Å². The van der Waals surface area contributed by atoms with Gasteiger partial charge in [0.1, 0.15) is 5.52 Å². The molecule has 1 aliphatic rings. The number of amides is 1. The highest BCUT2D eigenvalue weighted by Gasteiger charge is 2.25. The van der Waals surface area contributed by atoms with Gasteiger partial charge in [-0.05, 0) is 30.9 Å². The zero-order valence-electron chi connectivity index (χ0n) is 14.9. The van der Waals surface area contributed by atoms with Crippen molar-refractivity contribution < 1.29 is 13.7 Å². The Hall–Kier alpha value is -2.61. The molecule has 8 nitrogen and oxygen atoms in total. The summed E-state index contributed by atoms with van der Waals surface area (Å²) in [5.41, 5.74) is 1.46. The number of hydrogen-bond donors (Lipinski definition) is 1. The lowest BCUT2D eigenvalue weighted by Gasteiger charge is -2.31. The van der Waals surface area contributed by atoms with E-state index in [1.165, 1.54) is 0 Å². The first-order chi connectivity index (χ1) is 13.1. The number of nitrogens with one attached hydrogen (secondary N) is 1. The van der Waals surface area contributed by atoms with Crippen LogP contribution in [0.1, 0.15) is 31.0 Å². The van der Waals surface area contributed by atoms with Crippen LogP contribution in [-0.4, -0.2) is 34.1 Å².